The number of benzene rings is 2. The summed E-state index contributed by atoms with van der Waals surface area (Å²) in [5, 5.41) is 10.2. The van der Waals surface area contributed by atoms with Crippen LogP contribution in [-0.4, -0.2) is 0 Å². The average molecular weight is 324 g/mol. The minimum Gasteiger partial charge on any atom is -0.461 e. The molecule has 3 rings (SSSR count). The number of rotatable bonds is 3. The Kier molecular flexibility index (Phi) is 4.69. The van der Waals surface area contributed by atoms with Crippen molar-refractivity contribution >= 4 is 17.2 Å². The molecule has 1 aliphatic carbocycles. The second-order valence-corrected chi connectivity index (χ2v) is 6.27. The number of ether oxygens (including phenoxy) is 1. The quantitative estimate of drug-likeness (QED) is 0.719. The molecule has 0 saturated heterocycles. The largest absolute Gasteiger partial charge is 0.461 e. The summed E-state index contributed by atoms with van der Waals surface area (Å²) in [6.45, 7) is 2.06. The van der Waals surface area contributed by atoms with Gasteiger partial charge in [0.25, 0.3) is 0 Å². The molecule has 0 aliphatic heterocycles. The highest BCUT2D eigenvalue weighted by Gasteiger charge is 2.25. The molecule has 0 fully saturated rings. The molecule has 0 aromatic heterocycles. The fourth-order valence-corrected chi connectivity index (χ4v) is 3.04. The molecule has 23 heavy (non-hydrogen) atoms. The lowest BCUT2D eigenvalue weighted by Crippen LogP contribution is -2.13. The van der Waals surface area contributed by atoms with Gasteiger partial charge >= 0.3 is 0 Å². The number of allylic oxidation sites excluding steroid dienone is 2. The van der Waals surface area contributed by atoms with Crippen molar-refractivity contribution in [2.45, 2.75) is 26.2 Å². The van der Waals surface area contributed by atoms with Crippen LogP contribution >= 0.6 is 11.6 Å². The van der Waals surface area contributed by atoms with E-state index in [4.69, 9.17) is 16.3 Å². The Morgan fingerprint density at radius 1 is 1.09 bits per heavy atom. The molecule has 2 aromatic carbocycles. The molecule has 0 bridgehead atoms. The fourth-order valence-electron chi connectivity index (χ4n) is 2.92. The highest BCUT2D eigenvalue weighted by Crippen LogP contribution is 2.38. The van der Waals surface area contributed by atoms with Crippen molar-refractivity contribution in [3.05, 3.63) is 70.4 Å². The SMILES string of the molecule is Cc1ccc(C2=C(Oc3ccc(Cl)cc3)CCCC2C#N)cc1. The van der Waals surface area contributed by atoms with Gasteiger partial charge in [-0.2, -0.15) is 5.26 Å². The van der Waals surface area contributed by atoms with E-state index in [0.717, 1.165) is 41.9 Å². The van der Waals surface area contributed by atoms with Crippen molar-refractivity contribution < 1.29 is 4.74 Å². The molecule has 0 heterocycles. The molecule has 2 nitrogen and oxygen atoms in total. The molecule has 0 spiro atoms. The molecule has 116 valence electrons. The lowest BCUT2D eigenvalue weighted by Gasteiger charge is -2.25. The minimum absolute atomic E-state index is 0.117. The highest BCUT2D eigenvalue weighted by molar-refractivity contribution is 6.30. The van der Waals surface area contributed by atoms with E-state index in [1.165, 1.54) is 5.56 Å². The van der Waals surface area contributed by atoms with Crippen LogP contribution in [0.25, 0.3) is 5.57 Å². The van der Waals surface area contributed by atoms with E-state index >= 15 is 0 Å². The topological polar surface area (TPSA) is 33.0 Å². The standard InChI is InChI=1S/C20H18ClNO/c1-14-5-7-15(8-6-14)20-16(13-22)3-2-4-19(20)23-18-11-9-17(21)10-12-18/h5-12,16H,2-4H2,1H3. The Labute approximate surface area is 142 Å². The van der Waals surface area contributed by atoms with E-state index in [9.17, 15) is 5.26 Å². The maximum absolute atomic E-state index is 9.54. The van der Waals surface area contributed by atoms with E-state index in [-0.39, 0.29) is 5.92 Å². The summed E-state index contributed by atoms with van der Waals surface area (Å²) in [4.78, 5) is 0. The first-order valence-electron chi connectivity index (χ1n) is 7.80. The van der Waals surface area contributed by atoms with Gasteiger partial charge in [0.1, 0.15) is 11.5 Å². The third-order valence-electron chi connectivity index (χ3n) is 4.12. The van der Waals surface area contributed by atoms with Crippen molar-refractivity contribution in [1.29, 1.82) is 5.26 Å². The number of hydrogen-bond acceptors (Lipinski definition) is 2. The molecule has 0 amide bonds. The van der Waals surface area contributed by atoms with Gasteiger partial charge in [0.2, 0.25) is 0 Å². The number of nitriles is 1. The lowest BCUT2D eigenvalue weighted by molar-refractivity contribution is 0.381. The zero-order valence-electron chi connectivity index (χ0n) is 13.1. The summed E-state index contributed by atoms with van der Waals surface area (Å²) in [7, 11) is 0. The van der Waals surface area contributed by atoms with Crippen LogP contribution in [0.2, 0.25) is 5.02 Å². The Balaban J connectivity index is 2.01. The number of aryl methyl sites for hydroxylation is 1. The van der Waals surface area contributed by atoms with Crippen LogP contribution in [0.15, 0.2) is 54.3 Å². The van der Waals surface area contributed by atoms with Gasteiger partial charge in [0, 0.05) is 17.0 Å². The smallest absolute Gasteiger partial charge is 0.127 e. The maximum atomic E-state index is 9.54. The predicted molar refractivity (Wildman–Crippen MR) is 93.1 cm³/mol. The first-order valence-corrected chi connectivity index (χ1v) is 8.18. The molecule has 2 aromatic rings. The third-order valence-corrected chi connectivity index (χ3v) is 4.37. The number of hydrogen-bond donors (Lipinski definition) is 0. The molecular formula is C20H18ClNO. The average Bonchev–Trinajstić information content (AvgIpc) is 2.58. The second-order valence-electron chi connectivity index (χ2n) is 5.83. The zero-order valence-corrected chi connectivity index (χ0v) is 13.8. The maximum Gasteiger partial charge on any atom is 0.127 e. The van der Waals surface area contributed by atoms with Crippen LogP contribution < -0.4 is 4.74 Å². The highest BCUT2D eigenvalue weighted by atomic mass is 35.5. The van der Waals surface area contributed by atoms with Crippen LogP contribution in [0.4, 0.5) is 0 Å². The van der Waals surface area contributed by atoms with Gasteiger partial charge in [0.05, 0.1) is 12.0 Å². The summed E-state index contributed by atoms with van der Waals surface area (Å²) < 4.78 is 6.11. The monoisotopic (exact) mass is 323 g/mol. The van der Waals surface area contributed by atoms with Crippen molar-refractivity contribution in [3.63, 3.8) is 0 Å². The molecule has 1 atom stereocenters. The van der Waals surface area contributed by atoms with Crippen molar-refractivity contribution in [1.82, 2.24) is 0 Å². The summed E-state index contributed by atoms with van der Waals surface area (Å²) in [5.41, 5.74) is 3.30. The zero-order chi connectivity index (χ0) is 16.2. The van der Waals surface area contributed by atoms with E-state index < -0.39 is 0 Å². The van der Waals surface area contributed by atoms with E-state index in [2.05, 4.69) is 37.3 Å². The molecule has 0 N–H and O–H groups in total. The van der Waals surface area contributed by atoms with Gasteiger partial charge < -0.3 is 4.74 Å². The first kappa shape index (κ1) is 15.6. The fraction of sp³-hybridized carbons (Fsp3) is 0.250. The Bertz CT molecular complexity index is 754. The summed E-state index contributed by atoms with van der Waals surface area (Å²) >= 11 is 5.93. The van der Waals surface area contributed by atoms with Crippen LogP contribution in [0.3, 0.4) is 0 Å². The predicted octanol–water partition coefficient (Wildman–Crippen LogP) is 5.76. The number of nitrogens with zero attached hydrogens (tertiary/aromatic N) is 1. The van der Waals surface area contributed by atoms with E-state index in [1.54, 1.807) is 0 Å². The third kappa shape index (κ3) is 3.57. The van der Waals surface area contributed by atoms with Crippen molar-refractivity contribution in [2.24, 2.45) is 5.92 Å². The summed E-state index contributed by atoms with van der Waals surface area (Å²) in [6, 6.07) is 18.1. The van der Waals surface area contributed by atoms with Crippen LogP contribution in [-0.2, 0) is 0 Å². The lowest BCUT2D eigenvalue weighted by atomic mass is 9.83. The summed E-state index contributed by atoms with van der Waals surface area (Å²) in [6.07, 6.45) is 2.70. The van der Waals surface area contributed by atoms with Gasteiger partial charge in [-0.1, -0.05) is 41.4 Å². The number of halogens is 1. The van der Waals surface area contributed by atoms with Crippen LogP contribution in [0.1, 0.15) is 30.4 Å². The Morgan fingerprint density at radius 2 is 1.78 bits per heavy atom. The molecule has 1 unspecified atom stereocenters. The molecule has 0 radical (unpaired) electrons. The van der Waals surface area contributed by atoms with Gasteiger partial charge in [-0.05, 0) is 49.6 Å². The van der Waals surface area contributed by atoms with E-state index in [1.807, 2.05) is 24.3 Å². The van der Waals surface area contributed by atoms with Gasteiger partial charge in [-0.15, -0.1) is 0 Å². The Hall–Kier alpha value is -2.24. The molecular weight excluding hydrogens is 306 g/mol. The summed E-state index contributed by atoms with van der Waals surface area (Å²) in [5.74, 6) is 1.54. The Morgan fingerprint density at radius 3 is 2.43 bits per heavy atom. The van der Waals surface area contributed by atoms with Gasteiger partial charge in [0.15, 0.2) is 0 Å². The van der Waals surface area contributed by atoms with E-state index in [0.29, 0.717) is 5.02 Å². The van der Waals surface area contributed by atoms with Crippen molar-refractivity contribution in [2.75, 3.05) is 0 Å². The van der Waals surface area contributed by atoms with Crippen molar-refractivity contribution in [3.8, 4) is 11.8 Å². The second kappa shape index (κ2) is 6.89. The first-order chi connectivity index (χ1) is 11.2. The van der Waals surface area contributed by atoms with Gasteiger partial charge in [-0.3, -0.25) is 0 Å². The van der Waals surface area contributed by atoms with Crippen LogP contribution in [0, 0.1) is 24.2 Å². The minimum atomic E-state index is -0.117. The molecule has 1 aliphatic rings. The normalized spacial score (nSPS) is 17.7. The molecule has 3 heteroatoms. The van der Waals surface area contributed by atoms with Crippen LogP contribution in [0.5, 0.6) is 5.75 Å². The molecule has 0 saturated carbocycles. The van der Waals surface area contributed by atoms with Gasteiger partial charge in [-0.25, -0.2) is 0 Å².